The summed E-state index contributed by atoms with van der Waals surface area (Å²) in [5.41, 5.74) is 0. The molecule has 0 spiro atoms. The Kier molecular flexibility index (Phi) is 10.5. The predicted molar refractivity (Wildman–Crippen MR) is 26.5 cm³/mol. The fourth-order valence-corrected chi connectivity index (χ4v) is 0.258. The molecule has 0 heterocycles. The molecular formula is C5H12OSc. The van der Waals surface area contributed by atoms with Crippen LogP contribution in [0.3, 0.4) is 0 Å². The van der Waals surface area contributed by atoms with Gasteiger partial charge in [-0.1, -0.05) is 13.8 Å². The molecule has 0 fully saturated rings. The maximum absolute atomic E-state index is 8.24. The first-order valence-electron chi connectivity index (χ1n) is 2.38. The Hall–Kier alpha value is 0.830. The normalized spacial score (nSPS) is 8.57. The topological polar surface area (TPSA) is 20.2 Å². The molecule has 2 heteroatoms. The zero-order valence-electron chi connectivity index (χ0n) is 5.02. The Morgan fingerprint density at radius 3 is 1.86 bits per heavy atom. The van der Waals surface area contributed by atoms with E-state index in [1.54, 1.807) is 0 Å². The Morgan fingerprint density at radius 1 is 1.43 bits per heavy atom. The molecule has 0 saturated carbocycles. The van der Waals surface area contributed by atoms with Gasteiger partial charge >= 0.3 is 0 Å². The van der Waals surface area contributed by atoms with E-state index in [0.29, 0.717) is 12.5 Å². The maximum Gasteiger partial charge on any atom is 0.0433 e. The van der Waals surface area contributed by atoms with Crippen molar-refractivity contribution < 1.29 is 30.9 Å². The van der Waals surface area contributed by atoms with Crippen LogP contribution in [0.4, 0.5) is 0 Å². The van der Waals surface area contributed by atoms with Gasteiger partial charge < -0.3 is 5.11 Å². The van der Waals surface area contributed by atoms with E-state index in [1.807, 2.05) is 0 Å². The zero-order chi connectivity index (χ0) is 4.99. The second-order valence-electron chi connectivity index (χ2n) is 1.91. The second-order valence-corrected chi connectivity index (χ2v) is 1.91. The fraction of sp³-hybridized carbons (Fsp3) is 1.00. The second kappa shape index (κ2) is 6.83. The van der Waals surface area contributed by atoms with E-state index >= 15 is 0 Å². The fourth-order valence-electron chi connectivity index (χ4n) is 0.258. The minimum Gasteiger partial charge on any atom is -0.396 e. The smallest absolute Gasteiger partial charge is 0.0433 e. The molecule has 1 nitrogen and oxygen atoms in total. The Bertz CT molecular complexity index is 29.3. The first-order valence-corrected chi connectivity index (χ1v) is 2.38. The first kappa shape index (κ1) is 10.7. The molecule has 0 aromatic heterocycles. The summed E-state index contributed by atoms with van der Waals surface area (Å²) in [5.74, 6) is 0.648. The van der Waals surface area contributed by atoms with E-state index in [4.69, 9.17) is 5.11 Å². The molecule has 0 aromatic carbocycles. The van der Waals surface area contributed by atoms with Gasteiger partial charge in [-0.2, -0.15) is 0 Å². The van der Waals surface area contributed by atoms with Crippen molar-refractivity contribution in [1.82, 2.24) is 0 Å². The molecule has 0 aliphatic heterocycles. The van der Waals surface area contributed by atoms with Crippen LogP contribution in [0, 0.1) is 5.92 Å². The van der Waals surface area contributed by atoms with Crippen LogP contribution in [0.1, 0.15) is 20.3 Å². The molecule has 1 radical (unpaired) electrons. The van der Waals surface area contributed by atoms with Gasteiger partial charge in [-0.05, 0) is 12.3 Å². The van der Waals surface area contributed by atoms with Crippen LogP contribution >= 0.6 is 0 Å². The van der Waals surface area contributed by atoms with Crippen LogP contribution in [-0.2, 0) is 25.8 Å². The van der Waals surface area contributed by atoms with Gasteiger partial charge in [0.2, 0.25) is 0 Å². The van der Waals surface area contributed by atoms with Gasteiger partial charge in [-0.25, -0.2) is 0 Å². The summed E-state index contributed by atoms with van der Waals surface area (Å²) in [6.07, 6.45) is 0.931. The van der Waals surface area contributed by atoms with Gasteiger partial charge in [-0.3, -0.25) is 0 Å². The van der Waals surface area contributed by atoms with Crippen molar-refractivity contribution in [2.45, 2.75) is 20.3 Å². The molecule has 0 saturated heterocycles. The van der Waals surface area contributed by atoms with E-state index in [-0.39, 0.29) is 25.8 Å². The van der Waals surface area contributed by atoms with E-state index < -0.39 is 0 Å². The van der Waals surface area contributed by atoms with E-state index in [9.17, 15) is 0 Å². The molecule has 0 rings (SSSR count). The summed E-state index contributed by atoms with van der Waals surface area (Å²) in [6, 6.07) is 0. The SMILES string of the molecule is CC(C)CCO.[Sc]. The van der Waals surface area contributed by atoms with Crippen molar-refractivity contribution in [1.29, 1.82) is 0 Å². The van der Waals surface area contributed by atoms with E-state index in [0.717, 1.165) is 6.42 Å². The monoisotopic (exact) mass is 133 g/mol. The summed E-state index contributed by atoms with van der Waals surface area (Å²) in [4.78, 5) is 0. The molecule has 0 amide bonds. The van der Waals surface area contributed by atoms with Crippen molar-refractivity contribution in [3.8, 4) is 0 Å². The van der Waals surface area contributed by atoms with Crippen molar-refractivity contribution >= 4 is 0 Å². The first-order chi connectivity index (χ1) is 2.77. The predicted octanol–water partition coefficient (Wildman–Crippen LogP) is 1.02. The summed E-state index contributed by atoms with van der Waals surface area (Å²) in [6.45, 7) is 4.52. The average Bonchev–Trinajstić information content (AvgIpc) is 1.35. The quantitative estimate of drug-likeness (QED) is 0.596. The van der Waals surface area contributed by atoms with Crippen molar-refractivity contribution in [2.75, 3.05) is 6.61 Å². The Labute approximate surface area is 63.9 Å². The number of hydrogen-bond donors (Lipinski definition) is 1. The third-order valence-corrected chi connectivity index (χ3v) is 0.706. The van der Waals surface area contributed by atoms with Crippen LogP contribution in [-0.4, -0.2) is 11.7 Å². The number of rotatable bonds is 2. The van der Waals surface area contributed by atoms with Crippen LogP contribution in [0.25, 0.3) is 0 Å². The van der Waals surface area contributed by atoms with Crippen molar-refractivity contribution in [2.24, 2.45) is 5.92 Å². The Balaban J connectivity index is 0. The molecule has 7 heavy (non-hydrogen) atoms. The minimum absolute atomic E-state index is 0. The minimum atomic E-state index is 0. The van der Waals surface area contributed by atoms with E-state index in [2.05, 4.69) is 13.8 Å². The molecule has 0 aromatic rings. The third-order valence-electron chi connectivity index (χ3n) is 0.706. The third kappa shape index (κ3) is 10.9. The summed E-state index contributed by atoms with van der Waals surface area (Å²) in [5, 5.41) is 8.24. The van der Waals surface area contributed by atoms with Gasteiger partial charge in [0.05, 0.1) is 0 Å². The van der Waals surface area contributed by atoms with Crippen LogP contribution in [0.2, 0.25) is 0 Å². The molecule has 0 aliphatic rings. The van der Waals surface area contributed by atoms with E-state index in [1.165, 1.54) is 0 Å². The van der Waals surface area contributed by atoms with Crippen molar-refractivity contribution in [3.05, 3.63) is 0 Å². The van der Waals surface area contributed by atoms with Gasteiger partial charge in [-0.15, -0.1) is 0 Å². The van der Waals surface area contributed by atoms with Gasteiger partial charge in [0, 0.05) is 32.5 Å². The summed E-state index contributed by atoms with van der Waals surface area (Å²) >= 11 is 0. The van der Waals surface area contributed by atoms with Crippen LogP contribution in [0.15, 0.2) is 0 Å². The molecular weight excluding hydrogens is 121 g/mol. The molecule has 0 aliphatic carbocycles. The summed E-state index contributed by atoms with van der Waals surface area (Å²) < 4.78 is 0. The van der Waals surface area contributed by atoms with Gasteiger partial charge in [0.15, 0.2) is 0 Å². The molecule has 0 atom stereocenters. The molecule has 0 bridgehead atoms. The van der Waals surface area contributed by atoms with Gasteiger partial charge in [0.25, 0.3) is 0 Å². The van der Waals surface area contributed by atoms with Gasteiger partial charge in [0.1, 0.15) is 0 Å². The van der Waals surface area contributed by atoms with Crippen LogP contribution in [0.5, 0.6) is 0 Å². The average molecular weight is 133 g/mol. The molecule has 1 N–H and O–H groups in total. The zero-order valence-corrected chi connectivity index (χ0v) is 6.82. The maximum atomic E-state index is 8.24. The van der Waals surface area contributed by atoms with Crippen molar-refractivity contribution in [3.63, 3.8) is 0 Å². The number of aliphatic hydroxyl groups is 1. The standard InChI is InChI=1S/C5H12O.Sc/c1-5(2)3-4-6;/h5-6H,3-4H2,1-2H3;. The number of hydrogen-bond acceptors (Lipinski definition) is 1. The Morgan fingerprint density at radius 2 is 1.86 bits per heavy atom. The largest absolute Gasteiger partial charge is 0.396 e. The molecule has 0 unspecified atom stereocenters. The van der Waals surface area contributed by atoms with Crippen LogP contribution < -0.4 is 0 Å². The number of aliphatic hydroxyl groups excluding tert-OH is 1. The summed E-state index contributed by atoms with van der Waals surface area (Å²) in [7, 11) is 0. The molecule has 41 valence electrons.